The van der Waals surface area contributed by atoms with Crippen molar-refractivity contribution in [2.75, 3.05) is 25.1 Å². The highest BCUT2D eigenvalue weighted by Gasteiger charge is 2.29. The minimum Gasteiger partial charge on any atom is -0.470 e. The summed E-state index contributed by atoms with van der Waals surface area (Å²) in [6.07, 6.45) is 6.81. The van der Waals surface area contributed by atoms with Crippen molar-refractivity contribution in [2.45, 2.75) is 45.3 Å². The highest BCUT2D eigenvalue weighted by molar-refractivity contribution is 5.64. The van der Waals surface area contributed by atoms with Crippen LogP contribution in [0.1, 0.15) is 46.6 Å². The molecule has 31 heavy (non-hydrogen) atoms. The van der Waals surface area contributed by atoms with Crippen LogP contribution in [-0.2, 0) is 19.6 Å². The van der Waals surface area contributed by atoms with Crippen LogP contribution in [0.4, 0.5) is 11.6 Å². The van der Waals surface area contributed by atoms with E-state index in [2.05, 4.69) is 41.0 Å². The highest BCUT2D eigenvalue weighted by Crippen LogP contribution is 2.44. The first-order chi connectivity index (χ1) is 15.0. The average Bonchev–Trinajstić information content (AvgIpc) is 3.58. The fourth-order valence-electron chi connectivity index (χ4n) is 4.48. The molecule has 1 aliphatic carbocycles. The molecule has 0 unspecified atom stereocenters. The third-order valence-electron chi connectivity index (χ3n) is 6.27. The monoisotopic (exact) mass is 416 g/mol. The molecule has 7 nitrogen and oxygen atoms in total. The Morgan fingerprint density at radius 2 is 2.00 bits per heavy atom. The van der Waals surface area contributed by atoms with Crippen molar-refractivity contribution in [2.24, 2.45) is 0 Å². The molecule has 1 fully saturated rings. The molecule has 5 rings (SSSR count). The van der Waals surface area contributed by atoms with E-state index in [1.807, 2.05) is 6.07 Å². The van der Waals surface area contributed by atoms with E-state index in [9.17, 15) is 0 Å². The summed E-state index contributed by atoms with van der Waals surface area (Å²) in [7, 11) is 2.15. The summed E-state index contributed by atoms with van der Waals surface area (Å²) < 4.78 is 6.03. The van der Waals surface area contributed by atoms with Crippen LogP contribution < -0.4 is 16.2 Å². The zero-order chi connectivity index (χ0) is 21.5. The second kappa shape index (κ2) is 7.81. The lowest BCUT2D eigenvalue weighted by Crippen LogP contribution is -2.27. The van der Waals surface area contributed by atoms with Gasteiger partial charge in [-0.05, 0) is 79.6 Å². The van der Waals surface area contributed by atoms with Gasteiger partial charge in [-0.2, -0.15) is 0 Å². The molecule has 0 bridgehead atoms. The molecule has 7 heteroatoms. The van der Waals surface area contributed by atoms with E-state index >= 15 is 0 Å². The van der Waals surface area contributed by atoms with Gasteiger partial charge in [0.05, 0.1) is 11.9 Å². The van der Waals surface area contributed by atoms with Gasteiger partial charge in [-0.3, -0.25) is 0 Å². The summed E-state index contributed by atoms with van der Waals surface area (Å²) in [4.78, 5) is 15.6. The first kappa shape index (κ1) is 19.8. The number of nitrogen functional groups attached to an aromatic ring is 2. The molecule has 1 saturated carbocycles. The quantitative estimate of drug-likeness (QED) is 0.656. The molecule has 0 saturated heterocycles. The predicted octanol–water partition coefficient (Wildman–Crippen LogP) is 3.46. The Kier molecular flexibility index (Phi) is 4.98. The fraction of sp³-hybridized carbons (Fsp3) is 0.375. The smallest absolute Gasteiger partial charge is 0.258 e. The fourth-order valence-corrected chi connectivity index (χ4v) is 4.48. The lowest BCUT2D eigenvalue weighted by atomic mass is 9.92. The van der Waals surface area contributed by atoms with E-state index in [4.69, 9.17) is 21.2 Å². The van der Waals surface area contributed by atoms with Crippen molar-refractivity contribution in [3.8, 4) is 17.1 Å². The molecular formula is C24H28N6O. The second-order valence-corrected chi connectivity index (χ2v) is 8.70. The Hall–Kier alpha value is -3.19. The van der Waals surface area contributed by atoms with E-state index < -0.39 is 0 Å². The maximum atomic E-state index is 6.12. The molecule has 2 aromatic heterocycles. The highest BCUT2D eigenvalue weighted by atomic mass is 16.5. The standard InChI is InChI=1S/C24H28N6O/c1-14-9-17(10-18-12-30(2)8-6-19(14)18)20-11-28-23(26)24(29-20)31-13-16-5-7-27-22(25)21(16)15-3-4-15/h5,7,9-11,15H,3-4,6,8,12-13H2,1-2H3,(H2,25,27)(H2,26,28). The number of benzene rings is 1. The third-order valence-corrected chi connectivity index (χ3v) is 6.27. The number of ether oxygens (including phenoxy) is 1. The molecule has 0 amide bonds. The second-order valence-electron chi connectivity index (χ2n) is 8.70. The maximum Gasteiger partial charge on any atom is 0.258 e. The lowest BCUT2D eigenvalue weighted by molar-refractivity contribution is 0.294. The van der Waals surface area contributed by atoms with Gasteiger partial charge in [-0.25, -0.2) is 15.0 Å². The predicted molar refractivity (Wildman–Crippen MR) is 122 cm³/mol. The first-order valence-electron chi connectivity index (χ1n) is 10.8. The van der Waals surface area contributed by atoms with Crippen LogP contribution >= 0.6 is 0 Å². The summed E-state index contributed by atoms with van der Waals surface area (Å²) in [5.41, 5.74) is 20.2. The van der Waals surface area contributed by atoms with Gasteiger partial charge in [-0.15, -0.1) is 0 Å². The van der Waals surface area contributed by atoms with Gasteiger partial charge in [0.25, 0.3) is 5.88 Å². The number of rotatable bonds is 5. The van der Waals surface area contributed by atoms with Crippen molar-refractivity contribution < 1.29 is 4.74 Å². The van der Waals surface area contributed by atoms with E-state index in [0.717, 1.165) is 54.7 Å². The van der Waals surface area contributed by atoms with Crippen molar-refractivity contribution in [3.05, 3.63) is 58.4 Å². The number of nitrogens with zero attached hydrogens (tertiary/aromatic N) is 4. The van der Waals surface area contributed by atoms with Crippen molar-refractivity contribution >= 4 is 11.6 Å². The van der Waals surface area contributed by atoms with Crippen LogP contribution in [0.2, 0.25) is 0 Å². The molecule has 2 aliphatic rings. The number of anilines is 2. The van der Waals surface area contributed by atoms with Crippen LogP contribution in [0.5, 0.6) is 5.88 Å². The molecule has 0 atom stereocenters. The number of aryl methyl sites for hydroxylation is 1. The van der Waals surface area contributed by atoms with Crippen LogP contribution in [-0.4, -0.2) is 33.4 Å². The minimum absolute atomic E-state index is 0.285. The van der Waals surface area contributed by atoms with Gasteiger partial charge in [0.1, 0.15) is 12.4 Å². The number of nitrogens with two attached hydrogens (primary N) is 2. The maximum absolute atomic E-state index is 6.12. The minimum atomic E-state index is 0.285. The van der Waals surface area contributed by atoms with Gasteiger partial charge in [0, 0.05) is 30.4 Å². The molecule has 3 aromatic rings. The first-order valence-corrected chi connectivity index (χ1v) is 10.8. The molecule has 0 radical (unpaired) electrons. The number of fused-ring (bicyclic) bond motifs is 1. The van der Waals surface area contributed by atoms with Crippen molar-refractivity contribution in [1.29, 1.82) is 0 Å². The van der Waals surface area contributed by atoms with E-state index in [1.165, 1.54) is 16.7 Å². The summed E-state index contributed by atoms with van der Waals surface area (Å²) in [6, 6.07) is 6.36. The van der Waals surface area contributed by atoms with Gasteiger partial charge in [0.2, 0.25) is 0 Å². The van der Waals surface area contributed by atoms with E-state index in [-0.39, 0.29) is 5.82 Å². The summed E-state index contributed by atoms with van der Waals surface area (Å²) in [5.74, 6) is 1.71. The summed E-state index contributed by atoms with van der Waals surface area (Å²) in [5, 5.41) is 0. The molecule has 160 valence electrons. The van der Waals surface area contributed by atoms with Gasteiger partial charge in [0.15, 0.2) is 5.82 Å². The number of hydrogen-bond acceptors (Lipinski definition) is 7. The number of pyridine rings is 1. The summed E-state index contributed by atoms with van der Waals surface area (Å²) in [6.45, 7) is 4.55. The third kappa shape index (κ3) is 3.93. The average molecular weight is 417 g/mol. The topological polar surface area (TPSA) is 103 Å². The Morgan fingerprint density at radius 3 is 2.81 bits per heavy atom. The van der Waals surface area contributed by atoms with Crippen LogP contribution in [0.25, 0.3) is 11.3 Å². The SMILES string of the molecule is Cc1cc(-c2cnc(N)c(OCc3ccnc(N)c3C3CC3)n2)cc2c1CCN(C)C2. The van der Waals surface area contributed by atoms with Crippen LogP contribution in [0.15, 0.2) is 30.6 Å². The molecule has 3 heterocycles. The van der Waals surface area contributed by atoms with Gasteiger partial charge < -0.3 is 21.1 Å². The Morgan fingerprint density at radius 1 is 1.16 bits per heavy atom. The van der Waals surface area contributed by atoms with E-state index in [1.54, 1.807) is 12.4 Å². The molecule has 4 N–H and O–H groups in total. The Labute approximate surface area is 182 Å². The zero-order valence-electron chi connectivity index (χ0n) is 18.1. The van der Waals surface area contributed by atoms with Crippen molar-refractivity contribution in [1.82, 2.24) is 19.9 Å². The lowest BCUT2D eigenvalue weighted by Gasteiger charge is -2.27. The number of likely N-dealkylation sites (N-methyl/N-ethyl adjacent to an activating group) is 1. The number of hydrogen-bond donors (Lipinski definition) is 2. The van der Waals surface area contributed by atoms with Crippen molar-refractivity contribution in [3.63, 3.8) is 0 Å². The van der Waals surface area contributed by atoms with Crippen LogP contribution in [0.3, 0.4) is 0 Å². The Balaban J connectivity index is 1.42. The number of aromatic nitrogens is 3. The van der Waals surface area contributed by atoms with Crippen LogP contribution in [0, 0.1) is 6.92 Å². The molecule has 0 spiro atoms. The summed E-state index contributed by atoms with van der Waals surface area (Å²) >= 11 is 0. The zero-order valence-corrected chi connectivity index (χ0v) is 18.1. The van der Waals surface area contributed by atoms with E-state index in [0.29, 0.717) is 24.2 Å². The molecule has 1 aromatic carbocycles. The van der Waals surface area contributed by atoms with Gasteiger partial charge >= 0.3 is 0 Å². The largest absolute Gasteiger partial charge is 0.470 e. The normalized spacial score (nSPS) is 16.2. The van der Waals surface area contributed by atoms with Gasteiger partial charge in [-0.1, -0.05) is 0 Å². The molecule has 1 aliphatic heterocycles. The molecular weight excluding hydrogens is 388 g/mol. The Bertz CT molecular complexity index is 1140.